The van der Waals surface area contributed by atoms with E-state index in [1.54, 1.807) is 13.8 Å². The first-order chi connectivity index (χ1) is 27.3. The van der Waals surface area contributed by atoms with E-state index in [0.717, 1.165) is 129 Å². The van der Waals surface area contributed by atoms with Crippen LogP contribution in [0.1, 0.15) is 142 Å². The van der Waals surface area contributed by atoms with Crippen LogP contribution in [0, 0.1) is 35.1 Å². The summed E-state index contributed by atoms with van der Waals surface area (Å²) < 4.78 is 90.4. The number of rotatable bonds is 28. The molecule has 2 aromatic rings. The Morgan fingerprint density at radius 3 is 1.16 bits per heavy atom. The van der Waals surface area contributed by atoms with E-state index in [1.807, 2.05) is 0 Å². The van der Waals surface area contributed by atoms with Crippen molar-refractivity contribution in [1.82, 2.24) is 0 Å². The molecular weight excluding hydrogens is 728 g/mol. The summed E-state index contributed by atoms with van der Waals surface area (Å²) in [4.78, 5) is 12.3. The van der Waals surface area contributed by atoms with Gasteiger partial charge in [0, 0.05) is 26.1 Å². The number of hydrogen-bond acceptors (Lipinski definition) is 7. The Balaban J connectivity index is 0.885. The highest BCUT2D eigenvalue weighted by Gasteiger charge is 2.25. The quantitative estimate of drug-likeness (QED) is 0.0627. The minimum atomic E-state index is -1.01. The summed E-state index contributed by atoms with van der Waals surface area (Å²) >= 11 is 0. The van der Waals surface area contributed by atoms with E-state index in [4.69, 9.17) is 28.4 Å². The Bertz CT molecular complexity index is 1310. The second kappa shape index (κ2) is 26.1. The molecule has 0 saturated heterocycles. The number of ketones is 1. The van der Waals surface area contributed by atoms with Crippen molar-refractivity contribution in [3.05, 3.63) is 47.5 Å². The smallest absolute Gasteiger partial charge is 0.204 e. The highest BCUT2D eigenvalue weighted by atomic mass is 19.2. The molecular formula is C45H66F4O7. The number of ether oxygens (including phenoxy) is 6. The molecule has 0 aliphatic heterocycles. The molecule has 0 spiro atoms. The molecule has 0 amide bonds. The monoisotopic (exact) mass is 794 g/mol. The van der Waals surface area contributed by atoms with Crippen LogP contribution in [0.25, 0.3) is 0 Å². The second-order valence-electron chi connectivity index (χ2n) is 15.5. The van der Waals surface area contributed by atoms with Gasteiger partial charge in [-0.1, -0.05) is 38.5 Å². The average molecular weight is 795 g/mol. The van der Waals surface area contributed by atoms with Crippen molar-refractivity contribution >= 4 is 5.78 Å². The van der Waals surface area contributed by atoms with Crippen molar-refractivity contribution in [2.45, 2.75) is 154 Å². The standard InChI is InChI=1S/C45H66F4O7/c1-3-51-38-25-27-40(44(48)42(38)46)55-31-33-17-21-36(22-18-33)53-29-13-9-5-7-11-15-35(50)16-12-8-6-10-14-30-54-37-23-19-34(20-24-37)32-56-41-28-26-39(52-4-2)43(47)45(41)49/h25-28,33-34,36-37H,3-24,29-32H2,1-2H3. The van der Waals surface area contributed by atoms with Crippen molar-refractivity contribution < 1.29 is 50.8 Å². The van der Waals surface area contributed by atoms with Crippen LogP contribution in [0.15, 0.2) is 24.3 Å². The van der Waals surface area contributed by atoms with Crippen LogP contribution >= 0.6 is 0 Å². The van der Waals surface area contributed by atoms with E-state index in [9.17, 15) is 22.4 Å². The highest BCUT2D eigenvalue weighted by Crippen LogP contribution is 2.32. The molecule has 7 nitrogen and oxygen atoms in total. The molecule has 0 radical (unpaired) electrons. The molecule has 11 heteroatoms. The van der Waals surface area contributed by atoms with Gasteiger partial charge < -0.3 is 28.4 Å². The molecule has 56 heavy (non-hydrogen) atoms. The van der Waals surface area contributed by atoms with Crippen LogP contribution in [0.2, 0.25) is 0 Å². The van der Waals surface area contributed by atoms with E-state index in [2.05, 4.69) is 0 Å². The lowest BCUT2D eigenvalue weighted by Crippen LogP contribution is -2.25. The zero-order valence-electron chi connectivity index (χ0n) is 33.9. The van der Waals surface area contributed by atoms with Gasteiger partial charge in [0.15, 0.2) is 23.0 Å². The summed E-state index contributed by atoms with van der Waals surface area (Å²) in [5, 5.41) is 0. The van der Waals surface area contributed by atoms with E-state index in [0.29, 0.717) is 43.7 Å². The van der Waals surface area contributed by atoms with Gasteiger partial charge in [-0.2, -0.15) is 17.6 Å². The van der Waals surface area contributed by atoms with Crippen LogP contribution in [0.3, 0.4) is 0 Å². The maximum absolute atomic E-state index is 14.3. The largest absolute Gasteiger partial charge is 0.491 e. The van der Waals surface area contributed by atoms with Gasteiger partial charge in [-0.05, 0) is 127 Å². The molecule has 2 saturated carbocycles. The van der Waals surface area contributed by atoms with Crippen molar-refractivity contribution in [3.8, 4) is 23.0 Å². The number of unbranched alkanes of at least 4 members (excludes halogenated alkanes) is 8. The molecule has 2 fully saturated rings. The zero-order chi connectivity index (χ0) is 40.0. The summed E-state index contributed by atoms with van der Waals surface area (Å²) in [6, 6.07) is 5.67. The van der Waals surface area contributed by atoms with Gasteiger partial charge in [0.1, 0.15) is 5.78 Å². The van der Waals surface area contributed by atoms with Crippen LogP contribution < -0.4 is 18.9 Å². The van der Waals surface area contributed by atoms with Crippen molar-refractivity contribution in [3.63, 3.8) is 0 Å². The maximum atomic E-state index is 14.3. The average Bonchev–Trinajstić information content (AvgIpc) is 3.21. The van der Waals surface area contributed by atoms with Gasteiger partial charge in [0.25, 0.3) is 0 Å². The van der Waals surface area contributed by atoms with Crippen LogP contribution in [0.5, 0.6) is 23.0 Å². The number of hydrogen-bond donors (Lipinski definition) is 0. The molecule has 0 bridgehead atoms. The van der Waals surface area contributed by atoms with Crippen LogP contribution in [-0.4, -0.2) is 57.6 Å². The number of Topliss-reactive ketones (excluding diaryl/α,β-unsaturated/α-hetero) is 1. The van der Waals surface area contributed by atoms with E-state index in [1.165, 1.54) is 24.3 Å². The number of benzene rings is 2. The van der Waals surface area contributed by atoms with Gasteiger partial charge in [0.05, 0.1) is 38.6 Å². The predicted molar refractivity (Wildman–Crippen MR) is 210 cm³/mol. The molecule has 2 aromatic carbocycles. The SMILES string of the molecule is CCOc1ccc(OCC2CCC(OCCCCCCCC(=O)CCCCCCCOC3CCC(COc4ccc(OCC)c(F)c4F)CC3)CC2)c(F)c1F. The van der Waals surface area contributed by atoms with Crippen molar-refractivity contribution in [2.75, 3.05) is 39.6 Å². The molecule has 0 atom stereocenters. The third-order valence-corrected chi connectivity index (χ3v) is 11.1. The Morgan fingerprint density at radius 1 is 0.482 bits per heavy atom. The topological polar surface area (TPSA) is 72.5 Å². The lowest BCUT2D eigenvalue weighted by molar-refractivity contribution is -0.119. The van der Waals surface area contributed by atoms with Crippen LogP contribution in [-0.2, 0) is 14.3 Å². The first-order valence-corrected chi connectivity index (χ1v) is 21.5. The fourth-order valence-electron chi connectivity index (χ4n) is 7.66. The van der Waals surface area contributed by atoms with Gasteiger partial charge in [-0.3, -0.25) is 4.79 Å². The molecule has 4 rings (SSSR count). The van der Waals surface area contributed by atoms with Crippen LogP contribution in [0.4, 0.5) is 17.6 Å². The predicted octanol–water partition coefficient (Wildman–Crippen LogP) is 11.9. The van der Waals surface area contributed by atoms with Gasteiger partial charge in [0.2, 0.25) is 23.3 Å². The van der Waals surface area contributed by atoms with Gasteiger partial charge in [-0.15, -0.1) is 0 Å². The number of carbonyl (C=O) groups excluding carboxylic acids is 1. The summed E-state index contributed by atoms with van der Waals surface area (Å²) in [5.41, 5.74) is 0. The van der Waals surface area contributed by atoms with Gasteiger partial charge >= 0.3 is 0 Å². The first-order valence-electron chi connectivity index (χ1n) is 21.5. The van der Waals surface area contributed by atoms with Crippen molar-refractivity contribution in [2.24, 2.45) is 11.8 Å². The zero-order valence-corrected chi connectivity index (χ0v) is 33.9. The maximum Gasteiger partial charge on any atom is 0.204 e. The summed E-state index contributed by atoms with van der Waals surface area (Å²) in [6.07, 6.45) is 20.1. The second-order valence-corrected chi connectivity index (χ2v) is 15.5. The minimum absolute atomic E-state index is 0.0702. The number of halogens is 4. The Kier molecular flexibility index (Phi) is 21.2. The fraction of sp³-hybridized carbons (Fsp3) is 0.711. The van der Waals surface area contributed by atoms with E-state index >= 15 is 0 Å². The highest BCUT2D eigenvalue weighted by molar-refractivity contribution is 5.78. The third kappa shape index (κ3) is 16.1. The van der Waals surface area contributed by atoms with Crippen molar-refractivity contribution in [1.29, 1.82) is 0 Å². The molecule has 2 aliphatic rings. The molecule has 0 unspecified atom stereocenters. The molecule has 0 N–H and O–H groups in total. The van der Waals surface area contributed by atoms with Gasteiger partial charge in [-0.25, -0.2) is 0 Å². The fourth-order valence-corrected chi connectivity index (χ4v) is 7.66. The molecule has 0 aromatic heterocycles. The summed E-state index contributed by atoms with van der Waals surface area (Å²) in [5.74, 6) is -3.36. The minimum Gasteiger partial charge on any atom is -0.491 e. The van der Waals surface area contributed by atoms with E-state index in [-0.39, 0.29) is 48.4 Å². The lowest BCUT2D eigenvalue weighted by atomic mass is 9.88. The normalized spacial score (nSPS) is 19.8. The lowest BCUT2D eigenvalue weighted by Gasteiger charge is -2.28. The van der Waals surface area contributed by atoms with E-state index < -0.39 is 23.3 Å². The molecule has 0 heterocycles. The Morgan fingerprint density at radius 2 is 0.804 bits per heavy atom. The first kappa shape index (κ1) is 45.6. The Labute approximate surface area is 332 Å². The molecule has 316 valence electrons. The third-order valence-electron chi connectivity index (χ3n) is 11.1. The molecule has 2 aliphatic carbocycles. The Hall–Kier alpha value is -3.05. The number of carbonyl (C=O) groups is 1. The summed E-state index contributed by atoms with van der Waals surface area (Å²) in [7, 11) is 0. The summed E-state index contributed by atoms with van der Waals surface area (Å²) in [6.45, 7) is 6.22.